The molecule has 7 heteroatoms. The van der Waals surface area contributed by atoms with Crippen LogP contribution in [0.15, 0.2) is 24.5 Å². The lowest BCUT2D eigenvalue weighted by Crippen LogP contribution is -2.12. The van der Waals surface area contributed by atoms with E-state index in [1.165, 1.54) is 12.8 Å². The van der Waals surface area contributed by atoms with Gasteiger partial charge in [0.25, 0.3) is 0 Å². The summed E-state index contributed by atoms with van der Waals surface area (Å²) in [5.41, 5.74) is 1.71. The summed E-state index contributed by atoms with van der Waals surface area (Å²) in [6.07, 6.45) is 6.67. The molecule has 0 spiro atoms. The average Bonchev–Trinajstić information content (AvgIpc) is 3.38. The molecule has 0 atom stereocenters. The van der Waals surface area contributed by atoms with Crippen molar-refractivity contribution in [3.05, 3.63) is 30.4 Å². The zero-order chi connectivity index (χ0) is 20.4. The second-order valence-electron chi connectivity index (χ2n) is 7.76. The van der Waals surface area contributed by atoms with Crippen LogP contribution in [0.3, 0.4) is 0 Å². The highest BCUT2D eigenvalue weighted by atomic mass is 16.5. The fraction of sp³-hybridized carbons (Fsp3) is 0.500. The molecule has 154 valence electrons. The lowest BCUT2D eigenvalue weighted by molar-refractivity contribution is 0.201. The van der Waals surface area contributed by atoms with E-state index in [2.05, 4.69) is 24.1 Å². The van der Waals surface area contributed by atoms with Crippen molar-refractivity contribution in [1.82, 2.24) is 19.5 Å². The van der Waals surface area contributed by atoms with Crippen LogP contribution < -0.4 is 14.8 Å². The Hall–Kier alpha value is -2.83. The molecule has 1 aromatic rings. The fourth-order valence-corrected chi connectivity index (χ4v) is 3.75. The van der Waals surface area contributed by atoms with Crippen molar-refractivity contribution < 1.29 is 9.47 Å². The number of hydrogen-bond donors (Lipinski definition) is 1. The summed E-state index contributed by atoms with van der Waals surface area (Å²) >= 11 is 0. The Labute approximate surface area is 171 Å². The van der Waals surface area contributed by atoms with E-state index in [1.54, 1.807) is 13.4 Å². The summed E-state index contributed by atoms with van der Waals surface area (Å²) in [7, 11) is 1.67. The number of benzene rings is 1. The molecule has 0 aromatic heterocycles. The Morgan fingerprint density at radius 3 is 2.66 bits per heavy atom. The number of ether oxygens (including phenoxy) is 2. The predicted octanol–water partition coefficient (Wildman–Crippen LogP) is 4.65. The Morgan fingerprint density at radius 2 is 1.97 bits per heavy atom. The summed E-state index contributed by atoms with van der Waals surface area (Å²) in [6.45, 7) is 7.02. The molecule has 1 aromatic carbocycles. The van der Waals surface area contributed by atoms with Crippen LogP contribution in [0.25, 0.3) is 17.2 Å². The van der Waals surface area contributed by atoms with Gasteiger partial charge in [-0.15, -0.1) is 0 Å². The summed E-state index contributed by atoms with van der Waals surface area (Å²) < 4.78 is 13.8. The molecule has 0 radical (unpaired) electrons. The van der Waals surface area contributed by atoms with Gasteiger partial charge < -0.3 is 14.8 Å². The second kappa shape index (κ2) is 8.27. The quantitative estimate of drug-likeness (QED) is 0.628. The van der Waals surface area contributed by atoms with Gasteiger partial charge in [-0.05, 0) is 44.7 Å². The van der Waals surface area contributed by atoms with Gasteiger partial charge in [-0.3, -0.25) is 4.57 Å². The first kappa shape index (κ1) is 19.5. The molecule has 0 bridgehead atoms. The molecular formula is C22H29N5O2. The largest absolute Gasteiger partial charge is 0.493 e. The number of aromatic nitrogens is 4. The fourth-order valence-electron chi connectivity index (χ4n) is 3.75. The van der Waals surface area contributed by atoms with Gasteiger partial charge >= 0.3 is 0 Å². The minimum atomic E-state index is 0.238. The van der Waals surface area contributed by atoms with E-state index < -0.39 is 0 Å². The highest BCUT2D eigenvalue weighted by Crippen LogP contribution is 2.36. The molecule has 0 saturated heterocycles. The number of nitrogens with zero attached hydrogens (tertiary/aromatic N) is 4. The van der Waals surface area contributed by atoms with Crippen LogP contribution in [-0.4, -0.2) is 39.3 Å². The molecule has 2 heterocycles. The number of fused-ring (bicyclic) bond motifs is 1. The van der Waals surface area contributed by atoms with Crippen molar-refractivity contribution in [3.63, 3.8) is 0 Å². The lowest BCUT2D eigenvalue weighted by atomic mass is 10.2. The van der Waals surface area contributed by atoms with Gasteiger partial charge in [-0.1, -0.05) is 13.8 Å². The first-order valence-corrected chi connectivity index (χ1v) is 10.4. The number of rotatable bonds is 7. The number of nitrogens with one attached hydrogen (secondary N) is 1. The molecule has 4 rings (SSSR count). The van der Waals surface area contributed by atoms with Crippen molar-refractivity contribution in [2.24, 2.45) is 0 Å². The third-order valence-electron chi connectivity index (χ3n) is 5.30. The molecule has 1 aliphatic carbocycles. The maximum atomic E-state index is 6.27. The lowest BCUT2D eigenvalue weighted by Gasteiger charge is -2.18. The molecule has 2 aliphatic heterocycles. The summed E-state index contributed by atoms with van der Waals surface area (Å²) in [6, 6.07) is 5.95. The zero-order valence-electron chi connectivity index (χ0n) is 17.6. The highest BCUT2D eigenvalue weighted by molar-refractivity contribution is 5.69. The second-order valence-corrected chi connectivity index (χ2v) is 7.76. The van der Waals surface area contributed by atoms with Crippen molar-refractivity contribution >= 4 is 5.82 Å². The molecule has 1 saturated carbocycles. The normalized spacial score (nSPS) is 14.7. The standard InChI is InChI=1S/C22H29N5O2/c1-5-23-21-19-22(26-20(25-19)14(2)3)27(13-24-21)15-10-11-17(28-4)18(12-15)29-16-8-6-7-9-16/h10-14,16,23H,5-9H2,1-4H3. The van der Waals surface area contributed by atoms with E-state index >= 15 is 0 Å². The van der Waals surface area contributed by atoms with Crippen molar-refractivity contribution in [2.75, 3.05) is 19.0 Å². The zero-order valence-corrected chi connectivity index (χ0v) is 17.6. The van der Waals surface area contributed by atoms with Gasteiger partial charge in [0.15, 0.2) is 28.8 Å². The highest BCUT2D eigenvalue weighted by Gasteiger charge is 2.23. The average molecular weight is 396 g/mol. The van der Waals surface area contributed by atoms with Crippen LogP contribution in [0.1, 0.15) is 58.2 Å². The van der Waals surface area contributed by atoms with Gasteiger partial charge in [0.1, 0.15) is 12.2 Å². The Kier molecular flexibility index (Phi) is 5.56. The maximum absolute atomic E-state index is 6.27. The third kappa shape index (κ3) is 3.86. The molecule has 29 heavy (non-hydrogen) atoms. The molecule has 0 unspecified atom stereocenters. The van der Waals surface area contributed by atoms with E-state index in [1.807, 2.05) is 29.7 Å². The van der Waals surface area contributed by atoms with Gasteiger partial charge in [0, 0.05) is 18.5 Å². The predicted molar refractivity (Wildman–Crippen MR) is 113 cm³/mol. The van der Waals surface area contributed by atoms with Crippen LogP contribution in [0.4, 0.5) is 5.82 Å². The van der Waals surface area contributed by atoms with Gasteiger partial charge in [-0.25, -0.2) is 15.0 Å². The topological polar surface area (TPSA) is 74.1 Å². The summed E-state index contributed by atoms with van der Waals surface area (Å²) in [5, 5.41) is 3.29. The van der Waals surface area contributed by atoms with Gasteiger partial charge in [-0.2, -0.15) is 0 Å². The van der Waals surface area contributed by atoms with E-state index in [4.69, 9.17) is 19.4 Å². The molecule has 0 amide bonds. The SMILES string of the molecule is CCNc1ncn(-c2ccc(OC)c(OC3CCCC3)c2)c2nc(C(C)C)nc1-2. The molecular weight excluding hydrogens is 366 g/mol. The van der Waals surface area contributed by atoms with Crippen molar-refractivity contribution in [2.45, 2.75) is 58.5 Å². The van der Waals surface area contributed by atoms with E-state index in [9.17, 15) is 0 Å². The number of anilines is 1. The molecule has 1 N–H and O–H groups in total. The van der Waals surface area contributed by atoms with Gasteiger partial charge in [0.2, 0.25) is 0 Å². The maximum Gasteiger partial charge on any atom is 0.170 e. The van der Waals surface area contributed by atoms with Crippen LogP contribution in [0.2, 0.25) is 0 Å². The molecule has 3 aliphatic rings. The number of hydrogen-bond acceptors (Lipinski definition) is 6. The minimum absolute atomic E-state index is 0.238. The van der Waals surface area contributed by atoms with Crippen molar-refractivity contribution in [1.29, 1.82) is 0 Å². The number of methoxy groups -OCH3 is 1. The first-order valence-electron chi connectivity index (χ1n) is 10.4. The smallest absolute Gasteiger partial charge is 0.170 e. The number of imidazole rings is 1. The molecule has 1 fully saturated rings. The van der Waals surface area contributed by atoms with Crippen molar-refractivity contribution in [3.8, 4) is 28.7 Å². The van der Waals surface area contributed by atoms with Gasteiger partial charge in [0.05, 0.1) is 18.9 Å². The van der Waals surface area contributed by atoms with Crippen LogP contribution in [0, 0.1) is 0 Å². The minimum Gasteiger partial charge on any atom is -0.493 e. The Bertz CT molecular complexity index is 946. The summed E-state index contributed by atoms with van der Waals surface area (Å²) in [4.78, 5) is 14.1. The third-order valence-corrected chi connectivity index (χ3v) is 5.30. The summed E-state index contributed by atoms with van der Waals surface area (Å²) in [5.74, 6) is 4.10. The van der Waals surface area contributed by atoms with Crippen LogP contribution >= 0.6 is 0 Å². The van der Waals surface area contributed by atoms with E-state index in [0.29, 0.717) is 0 Å². The molecule has 7 nitrogen and oxygen atoms in total. The van der Waals surface area contributed by atoms with Crippen LogP contribution in [-0.2, 0) is 0 Å². The Balaban J connectivity index is 1.78. The van der Waals surface area contributed by atoms with E-state index in [0.717, 1.165) is 59.7 Å². The Morgan fingerprint density at radius 1 is 1.17 bits per heavy atom. The monoisotopic (exact) mass is 395 g/mol. The first-order chi connectivity index (χ1) is 14.1. The van der Waals surface area contributed by atoms with Crippen LogP contribution in [0.5, 0.6) is 11.5 Å². The van der Waals surface area contributed by atoms with E-state index in [-0.39, 0.29) is 12.0 Å².